The van der Waals surface area contributed by atoms with Gasteiger partial charge >= 0.3 is 0 Å². The molecule has 0 spiro atoms. The zero-order chi connectivity index (χ0) is 14.0. The molecule has 5 nitrogen and oxygen atoms in total. The molecule has 1 aliphatic rings. The Morgan fingerprint density at radius 2 is 2.16 bits per heavy atom. The lowest BCUT2D eigenvalue weighted by molar-refractivity contribution is -0.113. The molecule has 0 aliphatic carbocycles. The van der Waals surface area contributed by atoms with E-state index in [2.05, 4.69) is 10.0 Å². The quantitative estimate of drug-likeness (QED) is 0.887. The average Bonchev–Trinajstić information content (AvgIpc) is 2.35. The average molecular weight is 300 g/mol. The molecule has 0 unspecified atom stereocenters. The van der Waals surface area contributed by atoms with E-state index in [0.29, 0.717) is 18.0 Å². The number of hydrogen-bond acceptors (Lipinski definition) is 4. The molecular weight excluding hydrogens is 284 g/mol. The summed E-state index contributed by atoms with van der Waals surface area (Å²) in [6.07, 6.45) is 0. The highest BCUT2D eigenvalue weighted by Crippen LogP contribution is 2.32. The number of benzene rings is 1. The van der Waals surface area contributed by atoms with E-state index < -0.39 is 10.0 Å². The Morgan fingerprint density at radius 1 is 1.42 bits per heavy atom. The van der Waals surface area contributed by atoms with Crippen molar-refractivity contribution in [2.75, 3.05) is 17.6 Å². The summed E-state index contributed by atoms with van der Waals surface area (Å²) in [5, 5.41) is 2.69. The maximum atomic E-state index is 12.1. The Bertz CT molecular complexity index is 597. The minimum atomic E-state index is -3.52. The molecule has 2 rings (SSSR count). The molecule has 2 N–H and O–H groups in total. The maximum absolute atomic E-state index is 12.1. The van der Waals surface area contributed by atoms with Gasteiger partial charge in [-0.25, -0.2) is 13.1 Å². The predicted molar refractivity (Wildman–Crippen MR) is 75.8 cm³/mol. The largest absolute Gasteiger partial charge is 0.324 e. The highest BCUT2D eigenvalue weighted by Gasteiger charge is 2.20. The third kappa shape index (κ3) is 3.49. The van der Waals surface area contributed by atoms with Gasteiger partial charge in [0.15, 0.2) is 0 Å². The van der Waals surface area contributed by atoms with E-state index in [1.807, 2.05) is 13.8 Å². The first-order chi connectivity index (χ1) is 8.88. The lowest BCUT2D eigenvalue weighted by Gasteiger charge is -2.17. The molecule has 1 amide bonds. The number of hydrogen-bond donors (Lipinski definition) is 2. The third-order valence-corrected chi connectivity index (χ3v) is 5.07. The van der Waals surface area contributed by atoms with Gasteiger partial charge in [-0.15, -0.1) is 11.8 Å². The summed E-state index contributed by atoms with van der Waals surface area (Å²) in [6, 6.07) is 4.79. The van der Waals surface area contributed by atoms with E-state index in [9.17, 15) is 13.2 Å². The maximum Gasteiger partial charge on any atom is 0.240 e. The van der Waals surface area contributed by atoms with Crippen LogP contribution in [-0.2, 0) is 14.8 Å². The second-order valence-corrected chi connectivity index (χ2v) is 7.52. The number of carbonyl (C=O) groups is 1. The topological polar surface area (TPSA) is 75.3 Å². The number of nitrogens with one attached hydrogen (secondary N) is 2. The summed E-state index contributed by atoms with van der Waals surface area (Å²) in [5.41, 5.74) is 0.564. The van der Waals surface area contributed by atoms with Crippen LogP contribution >= 0.6 is 11.8 Å². The zero-order valence-electron chi connectivity index (χ0n) is 10.8. The van der Waals surface area contributed by atoms with Gasteiger partial charge in [0, 0.05) is 11.4 Å². The van der Waals surface area contributed by atoms with Crippen molar-refractivity contribution < 1.29 is 13.2 Å². The summed E-state index contributed by atoms with van der Waals surface area (Å²) < 4.78 is 26.7. The molecule has 1 aliphatic heterocycles. The van der Waals surface area contributed by atoms with E-state index in [0.717, 1.165) is 4.90 Å². The summed E-state index contributed by atoms with van der Waals surface area (Å²) in [7, 11) is -3.52. The van der Waals surface area contributed by atoms with Crippen molar-refractivity contribution in [2.24, 2.45) is 5.92 Å². The summed E-state index contributed by atoms with van der Waals surface area (Å²) >= 11 is 1.41. The fraction of sp³-hybridized carbons (Fsp3) is 0.417. The molecule has 0 saturated carbocycles. The van der Waals surface area contributed by atoms with Crippen molar-refractivity contribution in [3.63, 3.8) is 0 Å². The molecule has 1 aromatic rings. The van der Waals surface area contributed by atoms with Crippen molar-refractivity contribution in [1.82, 2.24) is 4.72 Å². The highest BCUT2D eigenvalue weighted by molar-refractivity contribution is 8.00. The van der Waals surface area contributed by atoms with Crippen LogP contribution in [0, 0.1) is 5.92 Å². The summed E-state index contributed by atoms with van der Waals surface area (Å²) in [4.78, 5) is 12.4. The summed E-state index contributed by atoms with van der Waals surface area (Å²) in [6.45, 7) is 4.26. The van der Waals surface area contributed by atoms with Gasteiger partial charge in [-0.1, -0.05) is 13.8 Å². The fourth-order valence-electron chi connectivity index (χ4n) is 1.59. The number of thioether (sulfide) groups is 1. The minimum absolute atomic E-state index is 0.109. The third-order valence-electron chi connectivity index (χ3n) is 2.58. The van der Waals surface area contributed by atoms with Crippen molar-refractivity contribution in [3.8, 4) is 0 Å². The van der Waals surface area contributed by atoms with Gasteiger partial charge in [0.1, 0.15) is 0 Å². The molecule has 7 heteroatoms. The van der Waals surface area contributed by atoms with E-state index in [-0.39, 0.29) is 16.7 Å². The van der Waals surface area contributed by atoms with Gasteiger partial charge in [-0.05, 0) is 24.1 Å². The van der Waals surface area contributed by atoms with E-state index >= 15 is 0 Å². The Kier molecular flexibility index (Phi) is 4.17. The van der Waals surface area contributed by atoms with Gasteiger partial charge in [0.05, 0.1) is 16.3 Å². The molecule has 104 valence electrons. The van der Waals surface area contributed by atoms with Crippen LogP contribution in [0.3, 0.4) is 0 Å². The predicted octanol–water partition coefficient (Wildman–Crippen LogP) is 1.67. The molecule has 0 fully saturated rings. The highest BCUT2D eigenvalue weighted by atomic mass is 32.2. The van der Waals surface area contributed by atoms with Gasteiger partial charge in [0.2, 0.25) is 15.9 Å². The van der Waals surface area contributed by atoms with Crippen molar-refractivity contribution in [3.05, 3.63) is 18.2 Å². The Morgan fingerprint density at radius 3 is 2.84 bits per heavy atom. The first-order valence-electron chi connectivity index (χ1n) is 5.95. The van der Waals surface area contributed by atoms with Crippen LogP contribution < -0.4 is 10.0 Å². The Balaban J connectivity index is 2.26. The van der Waals surface area contributed by atoms with Gasteiger partial charge < -0.3 is 5.32 Å². The van der Waals surface area contributed by atoms with E-state index in [4.69, 9.17) is 0 Å². The van der Waals surface area contributed by atoms with Gasteiger partial charge in [0.25, 0.3) is 0 Å². The van der Waals surface area contributed by atoms with Crippen molar-refractivity contribution >= 4 is 33.4 Å². The number of carbonyl (C=O) groups excluding carboxylic acids is 1. The monoisotopic (exact) mass is 300 g/mol. The second kappa shape index (κ2) is 5.52. The minimum Gasteiger partial charge on any atom is -0.324 e. The van der Waals surface area contributed by atoms with E-state index in [1.54, 1.807) is 12.1 Å². The van der Waals surface area contributed by atoms with Crippen LogP contribution in [0.25, 0.3) is 0 Å². The summed E-state index contributed by atoms with van der Waals surface area (Å²) in [5.74, 6) is 0.495. The van der Waals surface area contributed by atoms with Gasteiger partial charge in [-0.3, -0.25) is 4.79 Å². The Labute approximate surface area is 117 Å². The Hall–Kier alpha value is -1.05. The first kappa shape index (κ1) is 14.4. The molecule has 0 aromatic heterocycles. The lowest BCUT2D eigenvalue weighted by Crippen LogP contribution is -2.28. The number of amides is 1. The fourth-order valence-corrected chi connectivity index (χ4v) is 3.62. The van der Waals surface area contributed by atoms with E-state index in [1.165, 1.54) is 17.8 Å². The molecule has 1 heterocycles. The first-order valence-corrected chi connectivity index (χ1v) is 8.42. The second-order valence-electron chi connectivity index (χ2n) is 4.74. The standard InChI is InChI=1S/C12H16N2O3S2/c1-8(2)6-13-19(16,17)9-3-4-11-10(5-9)14-12(15)7-18-11/h3-5,8,13H,6-7H2,1-2H3,(H,14,15). The van der Waals surface area contributed by atoms with Crippen LogP contribution in [0.5, 0.6) is 0 Å². The molecule has 0 atom stereocenters. The number of sulfonamides is 1. The zero-order valence-corrected chi connectivity index (χ0v) is 12.4. The molecule has 1 aromatic carbocycles. The van der Waals surface area contributed by atoms with Crippen LogP contribution in [0.15, 0.2) is 28.0 Å². The molecular formula is C12H16N2O3S2. The number of fused-ring (bicyclic) bond motifs is 1. The molecule has 0 radical (unpaired) electrons. The van der Waals surface area contributed by atoms with Crippen molar-refractivity contribution in [1.29, 1.82) is 0 Å². The molecule has 0 bridgehead atoms. The van der Waals surface area contributed by atoms with Crippen molar-refractivity contribution in [2.45, 2.75) is 23.6 Å². The molecule has 19 heavy (non-hydrogen) atoms. The van der Waals surface area contributed by atoms with Crippen LogP contribution in [0.2, 0.25) is 0 Å². The van der Waals surface area contributed by atoms with Crippen LogP contribution in [0.4, 0.5) is 5.69 Å². The van der Waals surface area contributed by atoms with Crippen LogP contribution in [0.1, 0.15) is 13.8 Å². The number of anilines is 1. The SMILES string of the molecule is CC(C)CNS(=O)(=O)c1ccc2c(c1)NC(=O)CS2. The number of rotatable bonds is 4. The lowest BCUT2D eigenvalue weighted by atomic mass is 10.2. The smallest absolute Gasteiger partial charge is 0.240 e. The van der Waals surface area contributed by atoms with Gasteiger partial charge in [-0.2, -0.15) is 0 Å². The molecule has 0 saturated heterocycles. The van der Waals surface area contributed by atoms with Crippen LogP contribution in [-0.4, -0.2) is 26.6 Å². The normalized spacial score (nSPS) is 15.2.